The predicted octanol–water partition coefficient (Wildman–Crippen LogP) is 1.84. The van der Waals surface area contributed by atoms with Gasteiger partial charge in [-0.2, -0.15) is 0 Å². The number of nitrogens with one attached hydrogen (secondary N) is 2. The number of halogens is 1. The van der Waals surface area contributed by atoms with E-state index in [0.717, 1.165) is 31.0 Å². The lowest BCUT2D eigenvalue weighted by molar-refractivity contribution is 0.0600. The molecule has 0 saturated heterocycles. The molecule has 1 rings (SSSR count). The van der Waals surface area contributed by atoms with Gasteiger partial charge in [-0.15, -0.1) is 24.0 Å². The monoisotopic (exact) mass is 435 g/mol. The molecule has 1 aromatic carbocycles. The predicted molar refractivity (Wildman–Crippen MR) is 103 cm³/mol. The molecule has 0 aromatic heterocycles. The smallest absolute Gasteiger partial charge is 0.337 e. The second-order valence-electron chi connectivity index (χ2n) is 4.62. The van der Waals surface area contributed by atoms with E-state index < -0.39 is 0 Å². The molecule has 0 spiro atoms. The summed E-state index contributed by atoms with van der Waals surface area (Å²) in [6, 6.07) is 7.42. The fourth-order valence-electron chi connectivity index (χ4n) is 1.84. The number of ether oxygens (including phenoxy) is 2. The molecule has 0 radical (unpaired) electrons. The highest BCUT2D eigenvalue weighted by molar-refractivity contribution is 14.0. The fourth-order valence-corrected chi connectivity index (χ4v) is 1.84. The number of carbonyl (C=O) groups is 1. The normalized spacial score (nSPS) is 10.7. The maximum atomic E-state index is 11.4. The van der Waals surface area contributed by atoms with Gasteiger partial charge in [-0.1, -0.05) is 12.1 Å². The van der Waals surface area contributed by atoms with Crippen molar-refractivity contribution in [2.45, 2.75) is 13.3 Å². The molecule has 0 amide bonds. The van der Waals surface area contributed by atoms with Gasteiger partial charge >= 0.3 is 5.97 Å². The Labute approximate surface area is 155 Å². The molecule has 2 N–H and O–H groups in total. The Hall–Kier alpha value is -1.35. The summed E-state index contributed by atoms with van der Waals surface area (Å²) < 4.78 is 9.66. The largest absolute Gasteiger partial charge is 0.465 e. The SMILES string of the molecule is CCNC(=NCCOC)NCCc1ccc(C(=O)OC)cc1.I. The minimum absolute atomic E-state index is 0. The number of aliphatic imine (C=N–C) groups is 1. The van der Waals surface area contributed by atoms with Gasteiger partial charge in [0.25, 0.3) is 0 Å². The molecular formula is C16H26IN3O3. The van der Waals surface area contributed by atoms with Gasteiger partial charge < -0.3 is 20.1 Å². The van der Waals surface area contributed by atoms with Crippen LogP contribution in [-0.2, 0) is 15.9 Å². The number of rotatable bonds is 8. The van der Waals surface area contributed by atoms with Gasteiger partial charge in [0, 0.05) is 20.2 Å². The van der Waals surface area contributed by atoms with E-state index in [9.17, 15) is 4.79 Å². The molecule has 7 heteroatoms. The molecule has 0 aliphatic heterocycles. The Bertz CT molecular complexity index is 478. The van der Waals surface area contributed by atoms with Gasteiger partial charge in [-0.3, -0.25) is 4.99 Å². The molecule has 6 nitrogen and oxygen atoms in total. The van der Waals surface area contributed by atoms with E-state index in [1.165, 1.54) is 7.11 Å². The molecule has 0 heterocycles. The van der Waals surface area contributed by atoms with Crippen LogP contribution in [-0.4, -0.2) is 52.4 Å². The van der Waals surface area contributed by atoms with Crippen LogP contribution in [0.15, 0.2) is 29.3 Å². The van der Waals surface area contributed by atoms with E-state index >= 15 is 0 Å². The van der Waals surface area contributed by atoms with Crippen LogP contribution in [0.2, 0.25) is 0 Å². The zero-order valence-corrected chi connectivity index (χ0v) is 16.3. The summed E-state index contributed by atoms with van der Waals surface area (Å²) in [5, 5.41) is 6.45. The summed E-state index contributed by atoms with van der Waals surface area (Å²) in [6.45, 7) is 4.83. The molecule has 0 saturated carbocycles. The van der Waals surface area contributed by atoms with E-state index in [0.29, 0.717) is 18.7 Å². The van der Waals surface area contributed by atoms with Crippen LogP contribution in [0.5, 0.6) is 0 Å². The third-order valence-corrected chi connectivity index (χ3v) is 2.99. The summed E-state index contributed by atoms with van der Waals surface area (Å²) in [7, 11) is 3.04. The van der Waals surface area contributed by atoms with Crippen LogP contribution in [0.1, 0.15) is 22.8 Å². The van der Waals surface area contributed by atoms with Gasteiger partial charge in [0.15, 0.2) is 5.96 Å². The lowest BCUT2D eigenvalue weighted by Gasteiger charge is -2.11. The van der Waals surface area contributed by atoms with Gasteiger partial charge in [0.2, 0.25) is 0 Å². The summed E-state index contributed by atoms with van der Waals surface area (Å²) >= 11 is 0. The number of nitrogens with zero attached hydrogens (tertiary/aromatic N) is 1. The van der Waals surface area contributed by atoms with Crippen molar-refractivity contribution in [3.8, 4) is 0 Å². The lowest BCUT2D eigenvalue weighted by Crippen LogP contribution is -2.38. The quantitative estimate of drug-likeness (QED) is 0.214. The van der Waals surface area contributed by atoms with Crippen LogP contribution in [0.4, 0.5) is 0 Å². The standard InChI is InChI=1S/C16H25N3O3.HI/c1-4-17-16(19-11-12-21-2)18-10-9-13-5-7-14(8-6-13)15(20)22-3;/h5-8H,4,9-12H2,1-3H3,(H2,17,18,19);1H. The topological polar surface area (TPSA) is 72.0 Å². The Morgan fingerprint density at radius 1 is 1.17 bits per heavy atom. The number of hydrogen-bond acceptors (Lipinski definition) is 4. The molecular weight excluding hydrogens is 409 g/mol. The number of hydrogen-bond donors (Lipinski definition) is 2. The average Bonchev–Trinajstić information content (AvgIpc) is 2.55. The molecule has 0 aliphatic rings. The number of carbonyl (C=O) groups excluding carboxylic acids is 1. The molecule has 0 fully saturated rings. The van der Waals surface area contributed by atoms with E-state index in [-0.39, 0.29) is 29.9 Å². The molecule has 0 unspecified atom stereocenters. The molecule has 0 aliphatic carbocycles. The number of benzene rings is 1. The Morgan fingerprint density at radius 3 is 2.43 bits per heavy atom. The first-order chi connectivity index (χ1) is 10.7. The minimum Gasteiger partial charge on any atom is -0.465 e. The highest BCUT2D eigenvalue weighted by Gasteiger charge is 2.04. The van der Waals surface area contributed by atoms with Crippen molar-refractivity contribution >= 4 is 35.9 Å². The highest BCUT2D eigenvalue weighted by Crippen LogP contribution is 2.06. The molecule has 130 valence electrons. The van der Waals surface area contributed by atoms with Crippen LogP contribution in [0, 0.1) is 0 Å². The Kier molecular flexibility index (Phi) is 12.4. The number of methoxy groups -OCH3 is 2. The van der Waals surface area contributed by atoms with Crippen molar-refractivity contribution in [2.75, 3.05) is 40.5 Å². The average molecular weight is 435 g/mol. The molecule has 0 bridgehead atoms. The third-order valence-electron chi connectivity index (χ3n) is 2.99. The van der Waals surface area contributed by atoms with Gasteiger partial charge in [-0.25, -0.2) is 4.79 Å². The lowest BCUT2D eigenvalue weighted by atomic mass is 10.1. The first kappa shape index (κ1) is 21.6. The maximum Gasteiger partial charge on any atom is 0.337 e. The van der Waals surface area contributed by atoms with Crippen molar-refractivity contribution < 1.29 is 14.3 Å². The van der Waals surface area contributed by atoms with Crippen LogP contribution in [0.3, 0.4) is 0 Å². The van der Waals surface area contributed by atoms with E-state index in [1.54, 1.807) is 19.2 Å². The van der Waals surface area contributed by atoms with Crippen molar-refractivity contribution in [1.82, 2.24) is 10.6 Å². The van der Waals surface area contributed by atoms with Gasteiger partial charge in [-0.05, 0) is 31.0 Å². The van der Waals surface area contributed by atoms with Gasteiger partial charge in [0.1, 0.15) is 0 Å². The van der Waals surface area contributed by atoms with E-state index in [2.05, 4.69) is 20.4 Å². The van der Waals surface area contributed by atoms with Crippen molar-refractivity contribution in [3.63, 3.8) is 0 Å². The first-order valence-corrected chi connectivity index (χ1v) is 7.39. The summed E-state index contributed by atoms with van der Waals surface area (Å²) in [5.74, 6) is 0.468. The summed E-state index contributed by atoms with van der Waals surface area (Å²) in [4.78, 5) is 15.7. The maximum absolute atomic E-state index is 11.4. The number of guanidine groups is 1. The van der Waals surface area contributed by atoms with Crippen molar-refractivity contribution in [2.24, 2.45) is 4.99 Å². The zero-order valence-electron chi connectivity index (χ0n) is 13.9. The van der Waals surface area contributed by atoms with Crippen LogP contribution >= 0.6 is 24.0 Å². The zero-order chi connectivity index (χ0) is 16.2. The van der Waals surface area contributed by atoms with Crippen LogP contribution in [0.25, 0.3) is 0 Å². The van der Waals surface area contributed by atoms with Crippen molar-refractivity contribution in [3.05, 3.63) is 35.4 Å². The van der Waals surface area contributed by atoms with Gasteiger partial charge in [0.05, 0.1) is 25.8 Å². The van der Waals surface area contributed by atoms with Crippen molar-refractivity contribution in [1.29, 1.82) is 0 Å². The number of esters is 1. The second kappa shape index (κ2) is 13.1. The Morgan fingerprint density at radius 2 is 1.87 bits per heavy atom. The molecule has 0 atom stereocenters. The minimum atomic E-state index is -0.315. The second-order valence-corrected chi connectivity index (χ2v) is 4.62. The molecule has 23 heavy (non-hydrogen) atoms. The van der Waals surface area contributed by atoms with E-state index in [4.69, 9.17) is 4.74 Å². The summed E-state index contributed by atoms with van der Waals surface area (Å²) in [6.07, 6.45) is 0.843. The Balaban J connectivity index is 0.00000484. The summed E-state index contributed by atoms with van der Waals surface area (Å²) in [5.41, 5.74) is 1.71. The fraction of sp³-hybridized carbons (Fsp3) is 0.500. The highest BCUT2D eigenvalue weighted by atomic mass is 127. The van der Waals surface area contributed by atoms with Crippen LogP contribution < -0.4 is 10.6 Å². The van der Waals surface area contributed by atoms with E-state index in [1.807, 2.05) is 19.1 Å². The first-order valence-electron chi connectivity index (χ1n) is 7.39. The molecule has 1 aromatic rings. The third kappa shape index (κ3) is 8.75.